The predicted octanol–water partition coefficient (Wildman–Crippen LogP) is 6.14. The van der Waals surface area contributed by atoms with Crippen molar-refractivity contribution in [3.05, 3.63) is 84.4 Å². The molecule has 0 N–H and O–H groups in total. The van der Waals surface area contributed by atoms with Gasteiger partial charge in [-0.15, -0.1) is 0 Å². The van der Waals surface area contributed by atoms with Crippen LogP contribution in [0, 0.1) is 0 Å². The van der Waals surface area contributed by atoms with Crippen LogP contribution >= 0.6 is 0 Å². The van der Waals surface area contributed by atoms with Crippen molar-refractivity contribution >= 4 is 33.4 Å². The van der Waals surface area contributed by atoms with Crippen molar-refractivity contribution in [1.29, 1.82) is 0 Å². The summed E-state index contributed by atoms with van der Waals surface area (Å²) < 4.78 is 5.46. The molecule has 0 aliphatic rings. The highest BCUT2D eigenvalue weighted by Crippen LogP contribution is 2.26. The second kappa shape index (κ2) is 6.78. The molecule has 4 rings (SSSR count). The molecule has 0 aliphatic heterocycles. The zero-order valence-electron chi connectivity index (χ0n) is 14.1. The van der Waals surface area contributed by atoms with Crippen molar-refractivity contribution < 1.29 is 4.74 Å². The van der Waals surface area contributed by atoms with Crippen LogP contribution in [0.25, 0.3) is 21.5 Å². The van der Waals surface area contributed by atoms with Crippen LogP contribution in [0.3, 0.4) is 0 Å². The molecule has 0 radical (unpaired) electrons. The van der Waals surface area contributed by atoms with E-state index in [0.29, 0.717) is 6.61 Å². The van der Waals surface area contributed by atoms with Gasteiger partial charge in [0.2, 0.25) is 0 Å². The SMILES string of the molecule is CCOc1ccc(C=Nc2ccc3cc4ccccc4cc3c2)cc1. The minimum absolute atomic E-state index is 0.680. The van der Waals surface area contributed by atoms with Gasteiger partial charge in [0.15, 0.2) is 0 Å². The van der Waals surface area contributed by atoms with Crippen molar-refractivity contribution in [1.82, 2.24) is 0 Å². The first kappa shape index (κ1) is 15.4. The minimum Gasteiger partial charge on any atom is -0.494 e. The number of benzene rings is 4. The van der Waals surface area contributed by atoms with Crippen LogP contribution in [-0.4, -0.2) is 12.8 Å². The molecular weight excluding hydrogens is 306 g/mol. The van der Waals surface area contributed by atoms with Gasteiger partial charge < -0.3 is 4.74 Å². The first-order valence-electron chi connectivity index (χ1n) is 8.51. The Morgan fingerprint density at radius 1 is 0.760 bits per heavy atom. The summed E-state index contributed by atoms with van der Waals surface area (Å²) in [5.74, 6) is 0.886. The van der Waals surface area contributed by atoms with Gasteiger partial charge in [0.05, 0.1) is 12.3 Å². The molecule has 0 bridgehead atoms. The van der Waals surface area contributed by atoms with E-state index in [-0.39, 0.29) is 0 Å². The Balaban J connectivity index is 1.63. The molecular formula is C23H19NO. The number of nitrogens with zero attached hydrogens (tertiary/aromatic N) is 1. The Bertz CT molecular complexity index is 1050. The van der Waals surface area contributed by atoms with Crippen LogP contribution in [0.15, 0.2) is 83.9 Å². The van der Waals surface area contributed by atoms with Gasteiger partial charge in [-0.2, -0.15) is 0 Å². The summed E-state index contributed by atoms with van der Waals surface area (Å²) in [7, 11) is 0. The second-order valence-corrected chi connectivity index (χ2v) is 5.99. The van der Waals surface area contributed by atoms with E-state index < -0.39 is 0 Å². The summed E-state index contributed by atoms with van der Waals surface area (Å²) in [5, 5.41) is 4.96. The van der Waals surface area contributed by atoms with Crippen LogP contribution in [0.1, 0.15) is 12.5 Å². The molecule has 0 amide bonds. The predicted molar refractivity (Wildman–Crippen MR) is 106 cm³/mol. The number of aliphatic imine (C=N–C) groups is 1. The van der Waals surface area contributed by atoms with Gasteiger partial charge in [-0.3, -0.25) is 4.99 Å². The van der Waals surface area contributed by atoms with E-state index in [1.165, 1.54) is 21.5 Å². The number of hydrogen-bond donors (Lipinski definition) is 0. The Hall–Kier alpha value is -3.13. The lowest BCUT2D eigenvalue weighted by molar-refractivity contribution is 0.340. The van der Waals surface area contributed by atoms with Gasteiger partial charge >= 0.3 is 0 Å². The normalized spacial score (nSPS) is 11.4. The number of fused-ring (bicyclic) bond motifs is 2. The fourth-order valence-corrected chi connectivity index (χ4v) is 2.97. The summed E-state index contributed by atoms with van der Waals surface area (Å²) in [4.78, 5) is 4.62. The van der Waals surface area contributed by atoms with E-state index in [2.05, 4.69) is 59.6 Å². The Morgan fingerprint density at radius 2 is 1.44 bits per heavy atom. The third kappa shape index (κ3) is 3.38. The van der Waals surface area contributed by atoms with Crippen molar-refractivity contribution in [2.24, 2.45) is 4.99 Å². The molecule has 2 nitrogen and oxygen atoms in total. The highest BCUT2D eigenvalue weighted by molar-refractivity contribution is 5.99. The highest BCUT2D eigenvalue weighted by Gasteiger charge is 1.99. The molecule has 4 aromatic rings. The molecule has 0 heterocycles. The molecule has 0 saturated carbocycles. The van der Waals surface area contributed by atoms with Crippen LogP contribution < -0.4 is 4.74 Å². The molecule has 0 saturated heterocycles. The van der Waals surface area contributed by atoms with Crippen LogP contribution in [0.2, 0.25) is 0 Å². The Morgan fingerprint density at radius 3 is 2.16 bits per heavy atom. The molecule has 0 atom stereocenters. The zero-order chi connectivity index (χ0) is 17.1. The van der Waals surface area contributed by atoms with Crippen molar-refractivity contribution in [2.75, 3.05) is 6.61 Å². The number of ether oxygens (including phenoxy) is 1. The maximum absolute atomic E-state index is 5.46. The van der Waals surface area contributed by atoms with Gasteiger partial charge in [0.25, 0.3) is 0 Å². The summed E-state index contributed by atoms with van der Waals surface area (Å²) in [6, 6.07) is 27.2. The van der Waals surface area contributed by atoms with Crippen LogP contribution in [0.5, 0.6) is 5.75 Å². The first-order valence-corrected chi connectivity index (χ1v) is 8.51. The molecule has 0 spiro atoms. The van der Waals surface area contributed by atoms with E-state index in [9.17, 15) is 0 Å². The molecule has 0 aromatic heterocycles. The third-order valence-corrected chi connectivity index (χ3v) is 4.24. The molecule has 122 valence electrons. The summed E-state index contributed by atoms with van der Waals surface area (Å²) in [6.45, 7) is 2.66. The van der Waals surface area contributed by atoms with Crippen molar-refractivity contribution in [3.8, 4) is 5.75 Å². The summed E-state index contributed by atoms with van der Waals surface area (Å²) in [5.41, 5.74) is 2.01. The standard InChI is InChI=1S/C23H19NO/c1-2-25-23-11-7-17(8-12-23)16-24-22-10-9-20-13-18-5-3-4-6-19(18)14-21(20)15-22/h3-16H,2H2,1H3. The Kier molecular flexibility index (Phi) is 4.17. The minimum atomic E-state index is 0.680. The van der Waals surface area contributed by atoms with Gasteiger partial charge in [-0.1, -0.05) is 30.3 Å². The Labute approximate surface area is 147 Å². The van der Waals surface area contributed by atoms with E-state index in [1.54, 1.807) is 0 Å². The molecule has 4 aromatic carbocycles. The monoisotopic (exact) mass is 325 g/mol. The topological polar surface area (TPSA) is 21.6 Å². The van der Waals surface area contributed by atoms with E-state index in [1.807, 2.05) is 37.4 Å². The molecule has 25 heavy (non-hydrogen) atoms. The third-order valence-electron chi connectivity index (χ3n) is 4.24. The van der Waals surface area contributed by atoms with Crippen molar-refractivity contribution in [3.63, 3.8) is 0 Å². The number of hydrogen-bond acceptors (Lipinski definition) is 2. The van der Waals surface area contributed by atoms with Gasteiger partial charge in [-0.05, 0) is 82.6 Å². The van der Waals surface area contributed by atoms with E-state index in [4.69, 9.17) is 4.74 Å². The maximum Gasteiger partial charge on any atom is 0.119 e. The lowest BCUT2D eigenvalue weighted by Gasteiger charge is -2.04. The zero-order valence-corrected chi connectivity index (χ0v) is 14.1. The average Bonchev–Trinajstić information content (AvgIpc) is 2.66. The fraction of sp³-hybridized carbons (Fsp3) is 0.0870. The summed E-state index contributed by atoms with van der Waals surface area (Å²) >= 11 is 0. The molecule has 0 fully saturated rings. The molecule has 0 unspecified atom stereocenters. The average molecular weight is 325 g/mol. The van der Waals surface area contributed by atoms with Gasteiger partial charge in [-0.25, -0.2) is 0 Å². The van der Waals surface area contributed by atoms with Crippen LogP contribution in [-0.2, 0) is 0 Å². The smallest absolute Gasteiger partial charge is 0.119 e. The molecule has 0 aliphatic carbocycles. The van der Waals surface area contributed by atoms with E-state index in [0.717, 1.165) is 17.0 Å². The first-order chi connectivity index (χ1) is 12.3. The highest BCUT2D eigenvalue weighted by atomic mass is 16.5. The van der Waals surface area contributed by atoms with Crippen LogP contribution in [0.4, 0.5) is 5.69 Å². The quantitative estimate of drug-likeness (QED) is 0.326. The van der Waals surface area contributed by atoms with Gasteiger partial charge in [0.1, 0.15) is 5.75 Å². The lowest BCUT2D eigenvalue weighted by atomic mass is 10.0. The largest absolute Gasteiger partial charge is 0.494 e. The number of rotatable bonds is 4. The second-order valence-electron chi connectivity index (χ2n) is 5.99. The fourth-order valence-electron chi connectivity index (χ4n) is 2.97. The lowest BCUT2D eigenvalue weighted by Crippen LogP contribution is -1.91. The van der Waals surface area contributed by atoms with Crippen molar-refractivity contribution in [2.45, 2.75) is 6.92 Å². The van der Waals surface area contributed by atoms with E-state index >= 15 is 0 Å². The maximum atomic E-state index is 5.46. The molecule has 2 heteroatoms. The van der Waals surface area contributed by atoms with Gasteiger partial charge in [0, 0.05) is 6.21 Å². The summed E-state index contributed by atoms with van der Waals surface area (Å²) in [6.07, 6.45) is 1.89.